The molecule has 2 heteroatoms. The van der Waals surface area contributed by atoms with Crippen LogP contribution in [0, 0.1) is 0 Å². The van der Waals surface area contributed by atoms with Gasteiger partial charge in [0.1, 0.15) is 0 Å². The summed E-state index contributed by atoms with van der Waals surface area (Å²) in [6.45, 7) is 9.47. The highest BCUT2D eigenvalue weighted by atomic mass is 35.5. The Kier molecular flexibility index (Phi) is 16.5. The molecule has 0 aromatic carbocycles. The van der Waals surface area contributed by atoms with Gasteiger partial charge in [0.25, 0.3) is 0 Å². The summed E-state index contributed by atoms with van der Waals surface area (Å²) in [6.07, 6.45) is 17.9. The molecule has 0 aliphatic heterocycles. The van der Waals surface area contributed by atoms with Crippen LogP contribution in [0.15, 0.2) is 0 Å². The van der Waals surface area contributed by atoms with Crippen LogP contribution in [0.3, 0.4) is 0 Å². The van der Waals surface area contributed by atoms with Crippen LogP contribution in [0.25, 0.3) is 0 Å². The first-order chi connectivity index (χ1) is 8.24. The van der Waals surface area contributed by atoms with E-state index in [-0.39, 0.29) is 12.4 Å². The maximum Gasteiger partial charge on any atom is 0.0594 e. The summed E-state index contributed by atoms with van der Waals surface area (Å²) in [5, 5.41) is 0. The lowest BCUT2D eigenvalue weighted by Gasteiger charge is -2.27. The van der Waals surface area contributed by atoms with Gasteiger partial charge in [-0.15, -0.1) is 0 Å². The first-order valence-electron chi connectivity index (χ1n) is 8.09. The molecule has 0 unspecified atom stereocenters. The van der Waals surface area contributed by atoms with Gasteiger partial charge in [-0.3, -0.25) is 0 Å². The Hall–Kier alpha value is 0.720. The van der Waals surface area contributed by atoms with Gasteiger partial charge in [-0.25, -0.2) is 0 Å². The van der Waals surface area contributed by atoms with E-state index in [9.17, 15) is 0 Å². The average Bonchev–Trinajstić information content (AvgIpc) is 2.30. The number of halogens is 1. The van der Waals surface area contributed by atoms with Gasteiger partial charge in [-0.05, 0) is 32.1 Å². The predicted octanol–water partition coefficient (Wildman–Crippen LogP) is 3.21. The lowest BCUT2D eigenvalue weighted by molar-refractivity contribution is -0.00000406. The Labute approximate surface area is 123 Å². The highest BCUT2D eigenvalue weighted by molar-refractivity contribution is 7.75. The SMILES string of the molecule is CCCCCCC[P+](CCC)(CCC)CCC.[Cl-]. The normalized spacial score (nSPS) is 11.3. The van der Waals surface area contributed by atoms with Crippen molar-refractivity contribution in [2.45, 2.75) is 79.1 Å². The first-order valence-corrected chi connectivity index (χ1v) is 10.6. The van der Waals surface area contributed by atoms with Crippen molar-refractivity contribution in [2.24, 2.45) is 0 Å². The van der Waals surface area contributed by atoms with Crippen LogP contribution in [0.4, 0.5) is 0 Å². The summed E-state index contributed by atoms with van der Waals surface area (Å²) in [5.74, 6) is 0. The van der Waals surface area contributed by atoms with E-state index in [2.05, 4.69) is 27.7 Å². The smallest absolute Gasteiger partial charge is 0.0594 e. The minimum atomic E-state index is -0.545. The maximum absolute atomic E-state index is 2.39. The lowest BCUT2D eigenvalue weighted by atomic mass is 10.2. The number of unbranched alkanes of at least 4 members (excludes halogenated alkanes) is 4. The molecule has 0 rings (SSSR count). The second-order valence-corrected chi connectivity index (χ2v) is 10.1. The number of hydrogen-bond donors (Lipinski definition) is 0. The molecule has 0 bridgehead atoms. The Morgan fingerprint density at radius 2 is 0.944 bits per heavy atom. The lowest BCUT2D eigenvalue weighted by Crippen LogP contribution is -3.00. The highest BCUT2D eigenvalue weighted by Gasteiger charge is 2.33. The van der Waals surface area contributed by atoms with Crippen molar-refractivity contribution in [3.05, 3.63) is 0 Å². The van der Waals surface area contributed by atoms with Gasteiger partial charge in [0.2, 0.25) is 0 Å². The van der Waals surface area contributed by atoms with Crippen molar-refractivity contribution in [2.75, 3.05) is 24.6 Å². The van der Waals surface area contributed by atoms with Crippen molar-refractivity contribution in [1.29, 1.82) is 0 Å². The van der Waals surface area contributed by atoms with Gasteiger partial charge in [0, 0.05) is 7.26 Å². The molecule has 0 aliphatic rings. The Morgan fingerprint density at radius 1 is 0.500 bits per heavy atom. The van der Waals surface area contributed by atoms with E-state index in [1.54, 1.807) is 24.6 Å². The minimum Gasteiger partial charge on any atom is -1.00 e. The second kappa shape index (κ2) is 14.1. The molecule has 0 N–H and O–H groups in total. The number of rotatable bonds is 12. The molecule has 112 valence electrons. The third-order valence-electron chi connectivity index (χ3n) is 3.83. The van der Waals surface area contributed by atoms with E-state index in [0.717, 1.165) is 0 Å². The summed E-state index contributed by atoms with van der Waals surface area (Å²) in [6, 6.07) is 0. The molecule has 0 aromatic rings. The fraction of sp³-hybridized carbons (Fsp3) is 1.00. The van der Waals surface area contributed by atoms with Crippen LogP contribution in [-0.4, -0.2) is 24.6 Å². The minimum absolute atomic E-state index is 0. The Bertz CT molecular complexity index is 142. The average molecular weight is 295 g/mol. The van der Waals surface area contributed by atoms with Gasteiger partial charge in [0.15, 0.2) is 0 Å². The van der Waals surface area contributed by atoms with E-state index in [1.165, 1.54) is 51.4 Å². The van der Waals surface area contributed by atoms with Gasteiger partial charge >= 0.3 is 0 Å². The van der Waals surface area contributed by atoms with Crippen molar-refractivity contribution in [1.82, 2.24) is 0 Å². The van der Waals surface area contributed by atoms with Crippen molar-refractivity contribution >= 4 is 7.26 Å². The Morgan fingerprint density at radius 3 is 1.33 bits per heavy atom. The van der Waals surface area contributed by atoms with E-state index in [4.69, 9.17) is 0 Å². The zero-order chi connectivity index (χ0) is 13.0. The molecule has 0 aliphatic carbocycles. The summed E-state index contributed by atoms with van der Waals surface area (Å²) < 4.78 is 0. The molecule has 0 heterocycles. The van der Waals surface area contributed by atoms with Gasteiger partial charge in [-0.2, -0.15) is 0 Å². The molecule has 0 atom stereocenters. The zero-order valence-electron chi connectivity index (χ0n) is 13.3. The second-order valence-electron chi connectivity index (χ2n) is 5.65. The fourth-order valence-corrected chi connectivity index (χ4v) is 8.23. The first kappa shape index (κ1) is 21.0. The van der Waals surface area contributed by atoms with E-state index in [1.807, 2.05) is 0 Å². The molecule has 18 heavy (non-hydrogen) atoms. The fourth-order valence-electron chi connectivity index (χ4n) is 3.14. The Balaban J connectivity index is 0. The molecular formula is C16H36ClP. The topological polar surface area (TPSA) is 0 Å². The van der Waals surface area contributed by atoms with Crippen molar-refractivity contribution in [3.63, 3.8) is 0 Å². The molecule has 0 saturated carbocycles. The van der Waals surface area contributed by atoms with Crippen LogP contribution < -0.4 is 12.4 Å². The zero-order valence-corrected chi connectivity index (χ0v) is 15.0. The third kappa shape index (κ3) is 9.62. The summed E-state index contributed by atoms with van der Waals surface area (Å²) in [5.41, 5.74) is 0. The highest BCUT2D eigenvalue weighted by Crippen LogP contribution is 2.60. The molecule has 0 fully saturated rings. The summed E-state index contributed by atoms with van der Waals surface area (Å²) in [4.78, 5) is 0. The molecule has 0 aromatic heterocycles. The number of hydrogen-bond acceptors (Lipinski definition) is 0. The molecule has 0 nitrogen and oxygen atoms in total. The van der Waals surface area contributed by atoms with Gasteiger partial charge in [-0.1, -0.05) is 47.0 Å². The van der Waals surface area contributed by atoms with Crippen LogP contribution in [0.1, 0.15) is 79.1 Å². The standard InChI is InChI=1S/C16H36P.ClH/c1-5-9-10-11-12-16-17(13-6-2,14-7-3)15-8-4;/h5-16H2,1-4H3;1H/q+1;/p-1. The molecule has 0 radical (unpaired) electrons. The van der Waals surface area contributed by atoms with Crippen LogP contribution in [0.5, 0.6) is 0 Å². The molecule has 0 saturated heterocycles. The van der Waals surface area contributed by atoms with E-state index in [0.29, 0.717) is 0 Å². The van der Waals surface area contributed by atoms with Crippen molar-refractivity contribution < 1.29 is 12.4 Å². The summed E-state index contributed by atoms with van der Waals surface area (Å²) >= 11 is 0. The van der Waals surface area contributed by atoms with Crippen LogP contribution in [-0.2, 0) is 0 Å². The van der Waals surface area contributed by atoms with Crippen LogP contribution in [0.2, 0.25) is 0 Å². The molecular weight excluding hydrogens is 259 g/mol. The van der Waals surface area contributed by atoms with E-state index < -0.39 is 7.26 Å². The van der Waals surface area contributed by atoms with Gasteiger partial charge in [0.05, 0.1) is 24.6 Å². The predicted molar refractivity (Wildman–Crippen MR) is 86.0 cm³/mol. The van der Waals surface area contributed by atoms with Gasteiger partial charge < -0.3 is 12.4 Å². The monoisotopic (exact) mass is 294 g/mol. The largest absolute Gasteiger partial charge is 1.00 e. The molecule has 0 spiro atoms. The summed E-state index contributed by atoms with van der Waals surface area (Å²) in [7, 11) is -0.545. The van der Waals surface area contributed by atoms with Crippen LogP contribution >= 0.6 is 7.26 Å². The van der Waals surface area contributed by atoms with Crippen molar-refractivity contribution in [3.8, 4) is 0 Å². The van der Waals surface area contributed by atoms with E-state index >= 15 is 0 Å². The quantitative estimate of drug-likeness (QED) is 0.383. The maximum atomic E-state index is 2.39. The molecule has 0 amide bonds. The third-order valence-corrected chi connectivity index (χ3v) is 9.28.